The first-order valence-corrected chi connectivity index (χ1v) is 5.99. The molecule has 0 unspecified atom stereocenters. The van der Waals surface area contributed by atoms with E-state index in [0.717, 1.165) is 24.6 Å². The summed E-state index contributed by atoms with van der Waals surface area (Å²) < 4.78 is 1.71. The summed E-state index contributed by atoms with van der Waals surface area (Å²) in [5.74, 6) is -0.841. The Labute approximate surface area is 107 Å². The molecule has 2 N–H and O–H groups in total. The lowest BCUT2D eigenvalue weighted by atomic mass is 10.1. The minimum absolute atomic E-state index is 0.00543. The smallest absolute Gasteiger partial charge is 0.307 e. The van der Waals surface area contributed by atoms with Gasteiger partial charge in [-0.2, -0.15) is 5.10 Å². The zero-order valence-corrected chi connectivity index (χ0v) is 11.2. The van der Waals surface area contributed by atoms with E-state index in [-0.39, 0.29) is 6.42 Å². The van der Waals surface area contributed by atoms with Crippen molar-refractivity contribution >= 4 is 55.4 Å². The highest BCUT2D eigenvalue weighted by Gasteiger charge is 2.12. The number of carbonyl (C=O) groups is 1. The Hall–Kier alpha value is -0.630. The molecule has 78 valence electrons. The molecule has 4 nitrogen and oxygen atoms in total. The molecule has 0 aliphatic rings. The van der Waals surface area contributed by atoms with E-state index in [4.69, 9.17) is 5.11 Å². The summed E-state index contributed by atoms with van der Waals surface area (Å²) in [6, 6.07) is 3.67. The second-order valence-corrected chi connectivity index (χ2v) is 5.06. The Balaban J connectivity index is 2.68. The molecule has 0 fully saturated rings. The summed E-state index contributed by atoms with van der Waals surface area (Å²) >= 11 is 5.44. The number of carboxylic acid groups (broad SMARTS) is 1. The van der Waals surface area contributed by atoms with Crippen LogP contribution in [0.2, 0.25) is 0 Å². The van der Waals surface area contributed by atoms with Crippen LogP contribution in [0.15, 0.2) is 16.6 Å². The summed E-state index contributed by atoms with van der Waals surface area (Å²) in [4.78, 5) is 10.7. The molecule has 0 saturated heterocycles. The maximum absolute atomic E-state index is 10.7. The molecular weight excluding hydrogens is 375 g/mol. The van der Waals surface area contributed by atoms with Crippen LogP contribution in [-0.2, 0) is 11.2 Å². The second-order valence-electron chi connectivity index (χ2n) is 3.07. The van der Waals surface area contributed by atoms with E-state index < -0.39 is 5.97 Å². The molecule has 2 aromatic rings. The van der Waals surface area contributed by atoms with Crippen LogP contribution in [-0.4, -0.2) is 21.3 Å². The lowest BCUT2D eigenvalue weighted by Crippen LogP contribution is -2.00. The molecule has 0 amide bonds. The number of hydrogen-bond donors (Lipinski definition) is 2. The number of aromatic amines is 1. The zero-order chi connectivity index (χ0) is 11.0. The maximum Gasteiger partial charge on any atom is 0.307 e. The molecule has 0 bridgehead atoms. The van der Waals surface area contributed by atoms with E-state index in [2.05, 4.69) is 48.7 Å². The number of nitrogens with one attached hydrogen (secondary N) is 1. The molecule has 0 aliphatic carbocycles. The molecule has 0 atom stereocenters. The fourth-order valence-electron chi connectivity index (χ4n) is 1.46. The molecule has 1 heterocycles. The van der Waals surface area contributed by atoms with Crippen LogP contribution in [0.5, 0.6) is 0 Å². The molecule has 1 aromatic heterocycles. The van der Waals surface area contributed by atoms with Crippen LogP contribution in [0, 0.1) is 3.70 Å². The molecular formula is C9H6BrIN2O2. The topological polar surface area (TPSA) is 66.0 Å². The molecule has 0 radical (unpaired) electrons. The van der Waals surface area contributed by atoms with Gasteiger partial charge in [0.2, 0.25) is 0 Å². The van der Waals surface area contributed by atoms with Gasteiger partial charge in [0.05, 0.1) is 11.9 Å². The lowest BCUT2D eigenvalue weighted by molar-refractivity contribution is -0.136. The Morgan fingerprint density at radius 3 is 3.00 bits per heavy atom. The first kappa shape index (κ1) is 10.9. The Kier molecular flexibility index (Phi) is 2.96. The quantitative estimate of drug-likeness (QED) is 0.787. The monoisotopic (exact) mass is 380 g/mol. The Morgan fingerprint density at radius 1 is 1.60 bits per heavy atom. The highest BCUT2D eigenvalue weighted by molar-refractivity contribution is 14.1. The van der Waals surface area contributed by atoms with Gasteiger partial charge in [0.25, 0.3) is 0 Å². The number of aromatic nitrogens is 2. The zero-order valence-electron chi connectivity index (χ0n) is 7.42. The maximum atomic E-state index is 10.7. The van der Waals surface area contributed by atoms with Crippen molar-refractivity contribution in [1.82, 2.24) is 10.2 Å². The van der Waals surface area contributed by atoms with Crippen molar-refractivity contribution in [3.63, 3.8) is 0 Å². The average Bonchev–Trinajstić information content (AvgIpc) is 2.46. The van der Waals surface area contributed by atoms with E-state index >= 15 is 0 Å². The first-order valence-electron chi connectivity index (χ1n) is 4.11. The summed E-state index contributed by atoms with van der Waals surface area (Å²) in [6.07, 6.45) is 0.00543. The fourth-order valence-corrected chi connectivity index (χ4v) is 2.69. The molecule has 6 heteroatoms. The molecule has 2 rings (SSSR count). The SMILES string of the molecule is O=C(O)Cc1cc(Br)cc2n[nH]c(I)c12. The van der Waals surface area contributed by atoms with Crippen LogP contribution in [0.3, 0.4) is 0 Å². The van der Waals surface area contributed by atoms with Crippen LogP contribution in [0.25, 0.3) is 10.9 Å². The minimum atomic E-state index is -0.841. The molecule has 0 aliphatic heterocycles. The number of benzene rings is 1. The number of halogens is 2. The van der Waals surface area contributed by atoms with Crippen molar-refractivity contribution in [3.05, 3.63) is 25.9 Å². The van der Waals surface area contributed by atoms with Crippen molar-refractivity contribution in [2.75, 3.05) is 0 Å². The number of nitrogens with zero attached hydrogens (tertiary/aromatic N) is 1. The molecule has 0 saturated carbocycles. The van der Waals surface area contributed by atoms with Crippen molar-refractivity contribution in [2.24, 2.45) is 0 Å². The average molecular weight is 381 g/mol. The minimum Gasteiger partial charge on any atom is -0.481 e. The van der Waals surface area contributed by atoms with Gasteiger partial charge < -0.3 is 5.11 Å². The lowest BCUT2D eigenvalue weighted by Gasteiger charge is -2.01. The molecule has 1 aromatic carbocycles. The van der Waals surface area contributed by atoms with Crippen LogP contribution in [0.1, 0.15) is 5.56 Å². The summed E-state index contributed by atoms with van der Waals surface area (Å²) in [5, 5.41) is 16.6. The second kappa shape index (κ2) is 4.09. The number of fused-ring (bicyclic) bond motifs is 1. The van der Waals surface area contributed by atoms with Gasteiger partial charge in [-0.3, -0.25) is 9.89 Å². The number of carboxylic acids is 1. The summed E-state index contributed by atoms with van der Waals surface area (Å²) in [6.45, 7) is 0. The van der Waals surface area contributed by atoms with E-state index in [9.17, 15) is 4.79 Å². The standard InChI is InChI=1S/C9H6BrIN2O2/c10-5-1-4(2-7(14)15)8-6(3-5)12-13-9(8)11/h1,3H,2H2,(H,12,13)(H,14,15). The summed E-state index contributed by atoms with van der Waals surface area (Å²) in [7, 11) is 0. The highest BCUT2D eigenvalue weighted by Crippen LogP contribution is 2.26. The summed E-state index contributed by atoms with van der Waals surface area (Å²) in [5.41, 5.74) is 1.55. The normalized spacial score (nSPS) is 10.8. The van der Waals surface area contributed by atoms with Crippen LogP contribution < -0.4 is 0 Å². The van der Waals surface area contributed by atoms with Gasteiger partial charge in [-0.05, 0) is 40.3 Å². The Bertz CT molecular complexity index is 538. The number of rotatable bonds is 2. The first-order chi connectivity index (χ1) is 7.08. The van der Waals surface area contributed by atoms with Gasteiger partial charge in [-0.15, -0.1) is 0 Å². The van der Waals surface area contributed by atoms with E-state index in [0.29, 0.717) is 0 Å². The van der Waals surface area contributed by atoms with Crippen molar-refractivity contribution < 1.29 is 9.90 Å². The van der Waals surface area contributed by atoms with Gasteiger partial charge in [-0.1, -0.05) is 15.9 Å². The van der Waals surface area contributed by atoms with Crippen LogP contribution in [0.4, 0.5) is 0 Å². The van der Waals surface area contributed by atoms with E-state index in [1.165, 1.54) is 0 Å². The fraction of sp³-hybridized carbons (Fsp3) is 0.111. The van der Waals surface area contributed by atoms with Gasteiger partial charge >= 0.3 is 5.97 Å². The predicted molar refractivity (Wildman–Crippen MR) is 67.9 cm³/mol. The van der Waals surface area contributed by atoms with Crippen molar-refractivity contribution in [3.8, 4) is 0 Å². The van der Waals surface area contributed by atoms with E-state index in [1.54, 1.807) is 0 Å². The number of hydrogen-bond acceptors (Lipinski definition) is 2. The third kappa shape index (κ3) is 2.15. The third-order valence-electron chi connectivity index (χ3n) is 2.00. The van der Waals surface area contributed by atoms with Crippen molar-refractivity contribution in [2.45, 2.75) is 6.42 Å². The Morgan fingerprint density at radius 2 is 2.33 bits per heavy atom. The molecule has 0 spiro atoms. The molecule has 15 heavy (non-hydrogen) atoms. The van der Waals surface area contributed by atoms with Gasteiger partial charge in [0, 0.05) is 9.86 Å². The predicted octanol–water partition coefficient (Wildman–Crippen LogP) is 2.56. The van der Waals surface area contributed by atoms with Gasteiger partial charge in [0.15, 0.2) is 0 Å². The van der Waals surface area contributed by atoms with Crippen molar-refractivity contribution in [1.29, 1.82) is 0 Å². The van der Waals surface area contributed by atoms with Gasteiger partial charge in [-0.25, -0.2) is 0 Å². The van der Waals surface area contributed by atoms with E-state index in [1.807, 2.05) is 12.1 Å². The van der Waals surface area contributed by atoms with Gasteiger partial charge in [0.1, 0.15) is 3.70 Å². The third-order valence-corrected chi connectivity index (χ3v) is 3.24. The largest absolute Gasteiger partial charge is 0.481 e. The number of H-pyrrole nitrogens is 1. The number of aliphatic carboxylic acids is 1. The highest BCUT2D eigenvalue weighted by atomic mass is 127. The van der Waals surface area contributed by atoms with Crippen LogP contribution >= 0.6 is 38.5 Å².